The van der Waals surface area contributed by atoms with Crippen LogP contribution in [0.4, 0.5) is 0 Å². The van der Waals surface area contributed by atoms with E-state index in [9.17, 15) is 0 Å². The van der Waals surface area contributed by atoms with Crippen LogP contribution in [0, 0.1) is 5.92 Å². The van der Waals surface area contributed by atoms with E-state index < -0.39 is 0 Å². The molecule has 2 unspecified atom stereocenters. The lowest BCUT2D eigenvalue weighted by Gasteiger charge is -2.28. The van der Waals surface area contributed by atoms with Gasteiger partial charge in [-0.25, -0.2) is 0 Å². The predicted molar refractivity (Wildman–Crippen MR) is 84.4 cm³/mol. The Kier molecular flexibility index (Phi) is 5.86. The fourth-order valence-corrected chi connectivity index (χ4v) is 2.82. The van der Waals surface area contributed by atoms with Crippen molar-refractivity contribution < 1.29 is 4.74 Å². The monoisotopic (exact) mass is 276 g/mol. The summed E-state index contributed by atoms with van der Waals surface area (Å²) in [6.45, 7) is 12.0. The highest BCUT2D eigenvalue weighted by molar-refractivity contribution is 5.35. The molecule has 2 atom stereocenters. The van der Waals surface area contributed by atoms with Crippen LogP contribution < -0.4 is 10.1 Å². The van der Waals surface area contributed by atoms with E-state index in [1.807, 2.05) is 6.07 Å². The molecule has 1 aromatic carbocycles. The molecule has 0 aliphatic carbocycles. The van der Waals surface area contributed by atoms with Crippen molar-refractivity contribution >= 4 is 0 Å². The van der Waals surface area contributed by atoms with Crippen molar-refractivity contribution in [2.24, 2.45) is 5.92 Å². The Morgan fingerprint density at radius 1 is 1.30 bits per heavy atom. The standard InChI is InChI=1S/C17H28N2O/c1-4-19(5-2)12-14(3)18-11-15-10-16-8-6-7-9-17(16)20-13-15/h6-9,14-15,18H,4-5,10-13H2,1-3H3. The second-order valence-corrected chi connectivity index (χ2v) is 5.78. The van der Waals surface area contributed by atoms with Crippen LogP contribution in [0.25, 0.3) is 0 Å². The maximum atomic E-state index is 5.84. The molecule has 0 radical (unpaired) electrons. The first-order valence-electron chi connectivity index (χ1n) is 7.89. The van der Waals surface area contributed by atoms with Crippen molar-refractivity contribution in [2.45, 2.75) is 33.2 Å². The number of fused-ring (bicyclic) bond motifs is 1. The van der Waals surface area contributed by atoms with Crippen molar-refractivity contribution in [3.63, 3.8) is 0 Å². The zero-order valence-corrected chi connectivity index (χ0v) is 13.1. The molecule has 1 N–H and O–H groups in total. The smallest absolute Gasteiger partial charge is 0.122 e. The van der Waals surface area contributed by atoms with Gasteiger partial charge in [-0.2, -0.15) is 0 Å². The quantitative estimate of drug-likeness (QED) is 0.828. The van der Waals surface area contributed by atoms with E-state index in [1.165, 1.54) is 5.56 Å². The zero-order chi connectivity index (χ0) is 14.4. The average Bonchev–Trinajstić information content (AvgIpc) is 2.50. The van der Waals surface area contributed by atoms with E-state index in [1.54, 1.807) is 0 Å². The number of benzene rings is 1. The highest BCUT2D eigenvalue weighted by Gasteiger charge is 2.19. The molecular formula is C17H28N2O. The van der Waals surface area contributed by atoms with Crippen LogP contribution in [0.15, 0.2) is 24.3 Å². The number of nitrogens with zero attached hydrogens (tertiary/aromatic N) is 1. The second-order valence-electron chi connectivity index (χ2n) is 5.78. The summed E-state index contributed by atoms with van der Waals surface area (Å²) in [6, 6.07) is 8.93. The Hall–Kier alpha value is -1.06. The van der Waals surface area contributed by atoms with E-state index in [0.29, 0.717) is 12.0 Å². The van der Waals surface area contributed by atoms with E-state index in [-0.39, 0.29) is 0 Å². The van der Waals surface area contributed by atoms with Gasteiger partial charge in [0.1, 0.15) is 5.75 Å². The molecule has 0 spiro atoms. The molecule has 0 saturated heterocycles. The maximum Gasteiger partial charge on any atom is 0.122 e. The van der Waals surface area contributed by atoms with Crippen LogP contribution in [0.5, 0.6) is 5.75 Å². The Morgan fingerprint density at radius 2 is 2.05 bits per heavy atom. The molecule has 1 heterocycles. The lowest BCUT2D eigenvalue weighted by Crippen LogP contribution is -2.42. The Labute approximate surface area is 123 Å². The first kappa shape index (κ1) is 15.3. The fraction of sp³-hybridized carbons (Fsp3) is 0.647. The molecule has 0 aromatic heterocycles. The third-order valence-corrected chi connectivity index (χ3v) is 4.14. The molecule has 112 valence electrons. The van der Waals surface area contributed by atoms with Gasteiger partial charge in [-0.1, -0.05) is 32.0 Å². The summed E-state index contributed by atoms with van der Waals surface area (Å²) in [5.41, 5.74) is 1.35. The summed E-state index contributed by atoms with van der Waals surface area (Å²) in [5.74, 6) is 1.66. The molecule has 0 bridgehead atoms. The fourth-order valence-electron chi connectivity index (χ4n) is 2.82. The van der Waals surface area contributed by atoms with Gasteiger partial charge in [0.2, 0.25) is 0 Å². The number of hydrogen-bond donors (Lipinski definition) is 1. The molecule has 3 heteroatoms. The van der Waals surface area contributed by atoms with Gasteiger partial charge < -0.3 is 15.0 Å². The third-order valence-electron chi connectivity index (χ3n) is 4.14. The molecule has 0 fully saturated rings. The first-order valence-corrected chi connectivity index (χ1v) is 7.89. The van der Waals surface area contributed by atoms with E-state index >= 15 is 0 Å². The highest BCUT2D eigenvalue weighted by Crippen LogP contribution is 2.26. The van der Waals surface area contributed by atoms with Crippen molar-refractivity contribution in [2.75, 3.05) is 32.8 Å². The van der Waals surface area contributed by atoms with Crippen molar-refractivity contribution in [1.29, 1.82) is 0 Å². The van der Waals surface area contributed by atoms with Crippen molar-refractivity contribution in [3.8, 4) is 5.75 Å². The maximum absolute atomic E-state index is 5.84. The van der Waals surface area contributed by atoms with Crippen molar-refractivity contribution in [3.05, 3.63) is 29.8 Å². The Morgan fingerprint density at radius 3 is 2.80 bits per heavy atom. The summed E-state index contributed by atoms with van der Waals surface area (Å²) in [5, 5.41) is 3.66. The van der Waals surface area contributed by atoms with Crippen LogP contribution in [-0.4, -0.2) is 43.7 Å². The molecular weight excluding hydrogens is 248 g/mol. The molecule has 2 rings (SSSR count). The van der Waals surface area contributed by atoms with Gasteiger partial charge >= 0.3 is 0 Å². The van der Waals surface area contributed by atoms with Gasteiger partial charge in [0.05, 0.1) is 6.61 Å². The molecule has 3 nitrogen and oxygen atoms in total. The Balaban J connectivity index is 1.75. The van der Waals surface area contributed by atoms with Gasteiger partial charge in [0.15, 0.2) is 0 Å². The van der Waals surface area contributed by atoms with Crippen LogP contribution >= 0.6 is 0 Å². The first-order chi connectivity index (χ1) is 9.72. The van der Waals surface area contributed by atoms with Crippen molar-refractivity contribution in [1.82, 2.24) is 10.2 Å². The van der Waals surface area contributed by atoms with Gasteiger partial charge in [-0.3, -0.25) is 0 Å². The van der Waals surface area contributed by atoms with Gasteiger partial charge in [0.25, 0.3) is 0 Å². The average molecular weight is 276 g/mol. The van der Waals surface area contributed by atoms with Crippen LogP contribution in [0.1, 0.15) is 26.3 Å². The molecule has 20 heavy (non-hydrogen) atoms. The van der Waals surface area contributed by atoms with Crippen LogP contribution in [-0.2, 0) is 6.42 Å². The largest absolute Gasteiger partial charge is 0.493 e. The predicted octanol–water partition coefficient (Wildman–Crippen LogP) is 2.56. The van der Waals surface area contributed by atoms with Crippen LogP contribution in [0.2, 0.25) is 0 Å². The minimum absolute atomic E-state index is 0.534. The lowest BCUT2D eigenvalue weighted by molar-refractivity contribution is 0.207. The minimum Gasteiger partial charge on any atom is -0.493 e. The van der Waals surface area contributed by atoms with E-state index in [0.717, 1.165) is 45.0 Å². The molecule has 1 aliphatic heterocycles. The highest BCUT2D eigenvalue weighted by atomic mass is 16.5. The lowest BCUT2D eigenvalue weighted by atomic mass is 9.96. The molecule has 1 aromatic rings. The normalized spacial score (nSPS) is 19.5. The minimum atomic E-state index is 0.534. The summed E-state index contributed by atoms with van der Waals surface area (Å²) in [7, 11) is 0. The summed E-state index contributed by atoms with van der Waals surface area (Å²) < 4.78 is 5.84. The van der Waals surface area contributed by atoms with Crippen LogP contribution in [0.3, 0.4) is 0 Å². The summed E-state index contributed by atoms with van der Waals surface area (Å²) in [4.78, 5) is 2.46. The number of likely N-dealkylation sites (N-methyl/N-ethyl adjacent to an activating group) is 1. The summed E-state index contributed by atoms with van der Waals surface area (Å²) >= 11 is 0. The number of nitrogens with one attached hydrogen (secondary N) is 1. The number of hydrogen-bond acceptors (Lipinski definition) is 3. The number of rotatable bonds is 7. The topological polar surface area (TPSA) is 24.5 Å². The van der Waals surface area contributed by atoms with E-state index in [2.05, 4.69) is 49.2 Å². The van der Waals surface area contributed by atoms with E-state index in [4.69, 9.17) is 4.74 Å². The molecule has 0 saturated carbocycles. The number of para-hydroxylation sites is 1. The molecule has 1 aliphatic rings. The Bertz CT molecular complexity index is 404. The SMILES string of the molecule is CCN(CC)CC(C)NCC1COc2ccccc2C1. The number of ether oxygens (including phenoxy) is 1. The van der Waals surface area contributed by atoms with Gasteiger partial charge in [-0.05, 0) is 38.1 Å². The zero-order valence-electron chi connectivity index (χ0n) is 13.1. The second kappa shape index (κ2) is 7.65. The summed E-state index contributed by atoms with van der Waals surface area (Å²) in [6.07, 6.45) is 1.13. The van der Waals surface area contributed by atoms with Gasteiger partial charge in [-0.15, -0.1) is 0 Å². The van der Waals surface area contributed by atoms with Gasteiger partial charge in [0, 0.05) is 25.0 Å². The molecule has 0 amide bonds. The third kappa shape index (κ3) is 4.22.